The number of ether oxygens (including phenoxy) is 1. The Morgan fingerprint density at radius 3 is 2.82 bits per heavy atom. The number of nitrogen functional groups attached to an aromatic ring is 1. The van der Waals surface area contributed by atoms with E-state index in [4.69, 9.17) is 10.5 Å². The molecule has 0 bridgehead atoms. The minimum atomic E-state index is -0.454. The van der Waals surface area contributed by atoms with Crippen molar-refractivity contribution >= 4 is 40.1 Å². The molecule has 1 amide bonds. The van der Waals surface area contributed by atoms with E-state index in [0.717, 1.165) is 11.8 Å². The number of hydrogen-bond donors (Lipinski definition) is 1. The molecule has 118 valence electrons. The summed E-state index contributed by atoms with van der Waals surface area (Å²) in [5.74, 6) is -0.559. The first-order valence-corrected chi connectivity index (χ1v) is 7.84. The summed E-state index contributed by atoms with van der Waals surface area (Å²) in [7, 11) is 0. The molecule has 1 atom stereocenters. The Morgan fingerprint density at radius 1 is 1.45 bits per heavy atom. The lowest BCUT2D eigenvalue weighted by molar-refractivity contribution is -0.117. The third-order valence-corrected chi connectivity index (χ3v) is 4.24. The zero-order valence-electron chi connectivity index (χ0n) is 12.5. The minimum absolute atomic E-state index is 0.0205. The predicted octanol–water partition coefficient (Wildman–Crippen LogP) is 1.83. The lowest BCUT2D eigenvalue weighted by Crippen LogP contribution is -2.26. The van der Waals surface area contributed by atoms with Gasteiger partial charge in [0, 0.05) is 25.1 Å². The van der Waals surface area contributed by atoms with Crippen LogP contribution >= 0.6 is 11.8 Å². The Balaban J connectivity index is 2.24. The number of thioether (sulfide) groups is 1. The second-order valence-electron chi connectivity index (χ2n) is 4.93. The number of esters is 1. The van der Waals surface area contributed by atoms with Crippen molar-refractivity contribution in [3.8, 4) is 0 Å². The summed E-state index contributed by atoms with van der Waals surface area (Å²) in [5.41, 5.74) is 7.18. The maximum Gasteiger partial charge on any atom is 0.338 e. The second kappa shape index (κ2) is 6.83. The van der Waals surface area contributed by atoms with Gasteiger partial charge in [-0.3, -0.25) is 9.59 Å². The number of benzene rings is 1. The third kappa shape index (κ3) is 3.59. The molecule has 2 rings (SSSR count). The van der Waals surface area contributed by atoms with Crippen molar-refractivity contribution in [1.82, 2.24) is 0 Å². The van der Waals surface area contributed by atoms with Crippen molar-refractivity contribution in [2.45, 2.75) is 25.5 Å². The number of nitrogens with two attached hydrogens (primary N) is 1. The van der Waals surface area contributed by atoms with Gasteiger partial charge in [-0.1, -0.05) is 11.8 Å². The van der Waals surface area contributed by atoms with Crippen molar-refractivity contribution in [3.05, 3.63) is 23.8 Å². The van der Waals surface area contributed by atoms with E-state index in [2.05, 4.69) is 0 Å². The summed E-state index contributed by atoms with van der Waals surface area (Å²) in [5, 5.41) is -0.108. The monoisotopic (exact) mass is 322 g/mol. The van der Waals surface area contributed by atoms with Gasteiger partial charge in [0.2, 0.25) is 5.91 Å². The Kier molecular flexibility index (Phi) is 5.07. The van der Waals surface area contributed by atoms with Gasteiger partial charge in [-0.25, -0.2) is 4.79 Å². The molecule has 1 aromatic rings. The first-order chi connectivity index (χ1) is 10.4. The quantitative estimate of drug-likeness (QED) is 0.672. The Morgan fingerprint density at radius 2 is 2.18 bits per heavy atom. The van der Waals surface area contributed by atoms with Crippen LogP contribution in [-0.2, 0) is 14.3 Å². The molecule has 1 unspecified atom stereocenters. The molecule has 22 heavy (non-hydrogen) atoms. The average molecular weight is 322 g/mol. The molecule has 1 aliphatic rings. The lowest BCUT2D eigenvalue weighted by atomic mass is 10.1. The van der Waals surface area contributed by atoms with E-state index in [1.165, 1.54) is 11.8 Å². The smallest absolute Gasteiger partial charge is 0.338 e. The fourth-order valence-corrected chi connectivity index (χ4v) is 3.26. The maximum atomic E-state index is 12.2. The topological polar surface area (TPSA) is 89.7 Å². The van der Waals surface area contributed by atoms with Crippen LogP contribution in [0.3, 0.4) is 0 Å². The van der Waals surface area contributed by atoms with Crippen LogP contribution in [0.25, 0.3) is 0 Å². The van der Waals surface area contributed by atoms with Crippen molar-refractivity contribution in [2.75, 3.05) is 23.8 Å². The molecule has 0 spiro atoms. The van der Waals surface area contributed by atoms with E-state index < -0.39 is 5.97 Å². The van der Waals surface area contributed by atoms with Crippen LogP contribution < -0.4 is 10.6 Å². The van der Waals surface area contributed by atoms with Crippen LogP contribution in [0.15, 0.2) is 18.2 Å². The van der Waals surface area contributed by atoms with E-state index in [0.29, 0.717) is 23.5 Å². The molecule has 1 saturated heterocycles. The SMILES string of the molecule is CCOC(=O)c1ccc(N)c(N2CC(SC(C)=O)CC2=O)c1. The zero-order chi connectivity index (χ0) is 16.3. The molecular weight excluding hydrogens is 304 g/mol. The summed E-state index contributed by atoms with van der Waals surface area (Å²) in [6, 6.07) is 4.71. The first kappa shape index (κ1) is 16.4. The Hall–Kier alpha value is -2.02. The standard InChI is InChI=1S/C15H18N2O4S/c1-3-21-15(20)10-4-5-12(16)13(6-10)17-8-11(7-14(17)19)22-9(2)18/h4-6,11H,3,7-8,16H2,1-2H3. The number of hydrogen-bond acceptors (Lipinski definition) is 6. The van der Waals surface area contributed by atoms with Gasteiger partial charge in [-0.15, -0.1) is 0 Å². The molecular formula is C15H18N2O4S. The van der Waals surface area contributed by atoms with Gasteiger partial charge < -0.3 is 15.4 Å². The van der Waals surface area contributed by atoms with Crippen molar-refractivity contribution < 1.29 is 19.1 Å². The Bertz CT molecular complexity index is 618. The fourth-order valence-electron chi connectivity index (χ4n) is 2.34. The highest BCUT2D eigenvalue weighted by Crippen LogP contribution is 2.32. The van der Waals surface area contributed by atoms with Crippen molar-refractivity contribution in [3.63, 3.8) is 0 Å². The summed E-state index contributed by atoms with van der Waals surface area (Å²) in [4.78, 5) is 36.7. The van der Waals surface area contributed by atoms with Crippen molar-refractivity contribution in [2.24, 2.45) is 0 Å². The highest BCUT2D eigenvalue weighted by atomic mass is 32.2. The van der Waals surface area contributed by atoms with Gasteiger partial charge in [0.25, 0.3) is 0 Å². The van der Waals surface area contributed by atoms with Crippen LogP contribution in [-0.4, -0.2) is 35.4 Å². The summed E-state index contributed by atoms with van der Waals surface area (Å²) in [6.07, 6.45) is 0.285. The van der Waals surface area contributed by atoms with Crippen LogP contribution in [0, 0.1) is 0 Å². The fraction of sp³-hybridized carbons (Fsp3) is 0.400. The van der Waals surface area contributed by atoms with Gasteiger partial charge >= 0.3 is 5.97 Å². The molecule has 0 aliphatic carbocycles. The first-order valence-electron chi connectivity index (χ1n) is 6.96. The predicted molar refractivity (Wildman–Crippen MR) is 85.8 cm³/mol. The molecule has 1 fully saturated rings. The summed E-state index contributed by atoms with van der Waals surface area (Å²) < 4.78 is 4.95. The van der Waals surface area contributed by atoms with Gasteiger partial charge in [0.1, 0.15) is 0 Å². The molecule has 0 saturated carbocycles. The van der Waals surface area contributed by atoms with Crippen molar-refractivity contribution in [1.29, 1.82) is 0 Å². The number of anilines is 2. The molecule has 1 heterocycles. The summed E-state index contributed by atoms with van der Waals surface area (Å²) >= 11 is 1.15. The number of nitrogens with zero attached hydrogens (tertiary/aromatic N) is 1. The number of carbonyl (C=O) groups excluding carboxylic acids is 3. The molecule has 0 aromatic heterocycles. The molecule has 6 nitrogen and oxygen atoms in total. The van der Waals surface area contributed by atoms with Crippen LogP contribution in [0.4, 0.5) is 11.4 Å². The van der Waals surface area contributed by atoms with E-state index >= 15 is 0 Å². The molecule has 2 N–H and O–H groups in total. The van der Waals surface area contributed by atoms with Gasteiger partial charge in [0.05, 0.1) is 23.5 Å². The maximum absolute atomic E-state index is 12.2. The molecule has 1 aromatic carbocycles. The van der Waals surface area contributed by atoms with E-state index in [1.807, 2.05) is 0 Å². The molecule has 1 aliphatic heterocycles. The third-order valence-electron chi connectivity index (χ3n) is 3.25. The number of carbonyl (C=O) groups is 3. The van der Waals surface area contributed by atoms with E-state index in [9.17, 15) is 14.4 Å². The zero-order valence-corrected chi connectivity index (χ0v) is 13.3. The van der Waals surface area contributed by atoms with Gasteiger partial charge in [-0.2, -0.15) is 0 Å². The van der Waals surface area contributed by atoms with Gasteiger partial charge in [0.15, 0.2) is 5.12 Å². The highest BCUT2D eigenvalue weighted by molar-refractivity contribution is 8.14. The lowest BCUT2D eigenvalue weighted by Gasteiger charge is -2.19. The molecule has 0 radical (unpaired) electrons. The minimum Gasteiger partial charge on any atom is -0.462 e. The number of rotatable bonds is 4. The highest BCUT2D eigenvalue weighted by Gasteiger charge is 2.33. The van der Waals surface area contributed by atoms with Crippen LogP contribution in [0.2, 0.25) is 0 Å². The second-order valence-corrected chi connectivity index (χ2v) is 6.41. The average Bonchev–Trinajstić information content (AvgIpc) is 2.79. The summed E-state index contributed by atoms with van der Waals surface area (Å²) in [6.45, 7) is 3.88. The van der Waals surface area contributed by atoms with E-state index in [1.54, 1.807) is 25.1 Å². The van der Waals surface area contributed by atoms with E-state index in [-0.39, 0.29) is 29.3 Å². The van der Waals surface area contributed by atoms with Crippen LogP contribution in [0.1, 0.15) is 30.6 Å². The van der Waals surface area contributed by atoms with Crippen LogP contribution in [0.5, 0.6) is 0 Å². The number of amides is 1. The Labute approximate surface area is 133 Å². The molecule has 7 heteroatoms. The normalized spacial score (nSPS) is 17.6. The van der Waals surface area contributed by atoms with Gasteiger partial charge in [-0.05, 0) is 25.1 Å². The largest absolute Gasteiger partial charge is 0.462 e.